The Morgan fingerprint density at radius 2 is 2.40 bits per heavy atom. The minimum Gasteiger partial charge on any atom is -0.382 e. The average molecular weight is 214 g/mol. The quantitative estimate of drug-likeness (QED) is 0.795. The number of aryl methyl sites for hydroxylation is 1. The Kier molecular flexibility index (Phi) is 3.65. The number of halogens is 1. The summed E-state index contributed by atoms with van der Waals surface area (Å²) in [5.41, 5.74) is 5.89. The number of carbonyl (C=O) groups excluding carboxylic acids is 1. The monoisotopic (exact) mass is 214 g/mol. The lowest BCUT2D eigenvalue weighted by atomic mass is 10.3. The number of carbonyl (C=O) groups is 1. The summed E-state index contributed by atoms with van der Waals surface area (Å²) in [6, 6.07) is 0. The zero-order valence-electron chi connectivity index (χ0n) is 8.90. The van der Waals surface area contributed by atoms with Crippen LogP contribution in [0.5, 0.6) is 0 Å². The number of hydrogen-bond acceptors (Lipinski definition) is 3. The smallest absolute Gasteiger partial charge is 0.258 e. The summed E-state index contributed by atoms with van der Waals surface area (Å²) in [6.07, 6.45) is 1.48. The highest BCUT2D eigenvalue weighted by molar-refractivity contribution is 5.97. The van der Waals surface area contributed by atoms with Crippen LogP contribution in [-0.2, 0) is 6.54 Å². The fraction of sp³-hybridized carbons (Fsp3) is 0.556. The molecule has 0 saturated carbocycles. The standard InChI is InChI=1S/C9H15FN4O/c1-3-13(2)9(15)7-6-14(5-4-10)12-8(7)11/h6H,3-5H2,1-2H3,(H2,11,12). The molecule has 15 heavy (non-hydrogen) atoms. The summed E-state index contributed by atoms with van der Waals surface area (Å²) in [7, 11) is 1.67. The first-order valence-corrected chi connectivity index (χ1v) is 4.74. The van der Waals surface area contributed by atoms with Gasteiger partial charge in [-0.2, -0.15) is 5.10 Å². The molecule has 0 aliphatic heterocycles. The van der Waals surface area contributed by atoms with Crippen molar-refractivity contribution in [1.82, 2.24) is 14.7 Å². The van der Waals surface area contributed by atoms with Crippen molar-refractivity contribution in [3.63, 3.8) is 0 Å². The number of rotatable bonds is 4. The molecule has 0 spiro atoms. The largest absolute Gasteiger partial charge is 0.382 e. The molecule has 0 unspecified atom stereocenters. The minimum atomic E-state index is -0.529. The topological polar surface area (TPSA) is 64.2 Å². The molecule has 1 aromatic rings. The van der Waals surface area contributed by atoms with Gasteiger partial charge in [-0.25, -0.2) is 4.39 Å². The van der Waals surface area contributed by atoms with Crippen LogP contribution in [0.15, 0.2) is 6.20 Å². The van der Waals surface area contributed by atoms with E-state index in [1.54, 1.807) is 7.05 Å². The van der Waals surface area contributed by atoms with E-state index in [4.69, 9.17) is 5.73 Å². The third kappa shape index (κ3) is 2.45. The number of nitrogen functional groups attached to an aromatic ring is 1. The highest BCUT2D eigenvalue weighted by atomic mass is 19.1. The summed E-state index contributed by atoms with van der Waals surface area (Å²) >= 11 is 0. The van der Waals surface area contributed by atoms with Crippen LogP contribution in [0.2, 0.25) is 0 Å². The molecule has 84 valence electrons. The first-order chi connectivity index (χ1) is 7.10. The number of anilines is 1. The van der Waals surface area contributed by atoms with E-state index in [0.29, 0.717) is 12.1 Å². The minimum absolute atomic E-state index is 0.118. The van der Waals surface area contributed by atoms with E-state index in [1.807, 2.05) is 6.92 Å². The van der Waals surface area contributed by atoms with Crippen molar-refractivity contribution in [1.29, 1.82) is 0 Å². The van der Waals surface area contributed by atoms with Gasteiger partial charge in [0.1, 0.15) is 12.2 Å². The second-order valence-corrected chi connectivity index (χ2v) is 3.20. The molecule has 0 bridgehead atoms. The zero-order valence-corrected chi connectivity index (χ0v) is 8.90. The molecule has 6 heteroatoms. The molecule has 0 atom stereocenters. The van der Waals surface area contributed by atoms with Gasteiger partial charge in [0.25, 0.3) is 5.91 Å². The summed E-state index contributed by atoms with van der Waals surface area (Å²) in [5, 5.41) is 3.85. The molecule has 1 aromatic heterocycles. The second kappa shape index (κ2) is 4.77. The van der Waals surface area contributed by atoms with Crippen LogP contribution in [0.1, 0.15) is 17.3 Å². The lowest BCUT2D eigenvalue weighted by Gasteiger charge is -2.12. The molecule has 5 nitrogen and oxygen atoms in total. The molecule has 0 aromatic carbocycles. The molecule has 0 saturated heterocycles. The Morgan fingerprint density at radius 3 is 2.93 bits per heavy atom. The Balaban J connectivity index is 2.89. The van der Waals surface area contributed by atoms with Crippen molar-refractivity contribution in [2.45, 2.75) is 13.5 Å². The van der Waals surface area contributed by atoms with E-state index in [9.17, 15) is 9.18 Å². The van der Waals surface area contributed by atoms with Crippen molar-refractivity contribution < 1.29 is 9.18 Å². The molecule has 1 rings (SSSR count). The maximum absolute atomic E-state index is 12.0. The molecular formula is C9H15FN4O. The van der Waals surface area contributed by atoms with Crippen molar-refractivity contribution in [2.24, 2.45) is 0 Å². The second-order valence-electron chi connectivity index (χ2n) is 3.20. The van der Waals surface area contributed by atoms with E-state index in [-0.39, 0.29) is 18.3 Å². The number of nitrogens with two attached hydrogens (primary N) is 1. The van der Waals surface area contributed by atoms with E-state index >= 15 is 0 Å². The van der Waals surface area contributed by atoms with Gasteiger partial charge in [-0.1, -0.05) is 0 Å². The normalized spacial score (nSPS) is 10.3. The van der Waals surface area contributed by atoms with Crippen molar-refractivity contribution in [2.75, 3.05) is 26.0 Å². The summed E-state index contributed by atoms with van der Waals surface area (Å²) < 4.78 is 13.4. The summed E-state index contributed by atoms with van der Waals surface area (Å²) in [5.74, 6) is -0.0474. The Morgan fingerprint density at radius 1 is 1.73 bits per heavy atom. The van der Waals surface area contributed by atoms with Gasteiger partial charge >= 0.3 is 0 Å². The predicted molar refractivity (Wildman–Crippen MR) is 55.2 cm³/mol. The highest BCUT2D eigenvalue weighted by Gasteiger charge is 2.16. The third-order valence-electron chi connectivity index (χ3n) is 2.16. The van der Waals surface area contributed by atoms with Gasteiger partial charge < -0.3 is 10.6 Å². The van der Waals surface area contributed by atoms with E-state index in [1.165, 1.54) is 15.8 Å². The van der Waals surface area contributed by atoms with E-state index in [2.05, 4.69) is 5.10 Å². The van der Waals surface area contributed by atoms with Gasteiger partial charge in [0.15, 0.2) is 5.82 Å². The van der Waals surface area contributed by atoms with Crippen LogP contribution in [0.25, 0.3) is 0 Å². The van der Waals surface area contributed by atoms with Gasteiger partial charge in [-0.05, 0) is 6.92 Å². The zero-order chi connectivity index (χ0) is 11.4. The number of amides is 1. The van der Waals surface area contributed by atoms with Gasteiger partial charge in [0.2, 0.25) is 0 Å². The molecule has 0 aliphatic carbocycles. The van der Waals surface area contributed by atoms with Crippen molar-refractivity contribution in [3.8, 4) is 0 Å². The van der Waals surface area contributed by atoms with Crippen LogP contribution >= 0.6 is 0 Å². The van der Waals surface area contributed by atoms with Gasteiger partial charge in [-0.15, -0.1) is 0 Å². The first kappa shape index (κ1) is 11.5. The van der Waals surface area contributed by atoms with Crippen molar-refractivity contribution >= 4 is 11.7 Å². The fourth-order valence-corrected chi connectivity index (χ4v) is 1.15. The Bertz CT molecular complexity index is 350. The SMILES string of the molecule is CCN(C)C(=O)c1cn(CCF)nc1N. The summed E-state index contributed by atoms with van der Waals surface area (Å²) in [4.78, 5) is 13.2. The number of alkyl halides is 1. The van der Waals surface area contributed by atoms with E-state index in [0.717, 1.165) is 0 Å². The van der Waals surface area contributed by atoms with Crippen LogP contribution < -0.4 is 5.73 Å². The molecule has 1 heterocycles. The fourth-order valence-electron chi connectivity index (χ4n) is 1.15. The molecular weight excluding hydrogens is 199 g/mol. The molecule has 0 fully saturated rings. The van der Waals surface area contributed by atoms with Crippen LogP contribution in [0.4, 0.5) is 10.2 Å². The first-order valence-electron chi connectivity index (χ1n) is 4.74. The third-order valence-corrected chi connectivity index (χ3v) is 2.16. The molecule has 2 N–H and O–H groups in total. The van der Waals surface area contributed by atoms with Crippen LogP contribution in [0, 0.1) is 0 Å². The Labute approximate surface area is 87.7 Å². The molecule has 0 radical (unpaired) electrons. The maximum atomic E-state index is 12.0. The molecule has 0 aliphatic rings. The van der Waals surface area contributed by atoms with Crippen LogP contribution in [0.3, 0.4) is 0 Å². The van der Waals surface area contributed by atoms with Gasteiger partial charge in [-0.3, -0.25) is 9.48 Å². The predicted octanol–water partition coefficient (Wildman–Crippen LogP) is 0.527. The maximum Gasteiger partial charge on any atom is 0.258 e. The Hall–Kier alpha value is -1.59. The lowest BCUT2D eigenvalue weighted by Crippen LogP contribution is -2.26. The van der Waals surface area contributed by atoms with Gasteiger partial charge in [0, 0.05) is 19.8 Å². The number of aromatic nitrogens is 2. The summed E-state index contributed by atoms with van der Waals surface area (Å²) in [6.45, 7) is 2.04. The van der Waals surface area contributed by atoms with Gasteiger partial charge in [0.05, 0.1) is 6.54 Å². The average Bonchev–Trinajstić information content (AvgIpc) is 2.58. The van der Waals surface area contributed by atoms with E-state index < -0.39 is 6.67 Å². The number of nitrogens with zero attached hydrogens (tertiary/aromatic N) is 3. The highest BCUT2D eigenvalue weighted by Crippen LogP contribution is 2.11. The van der Waals surface area contributed by atoms with Crippen molar-refractivity contribution in [3.05, 3.63) is 11.8 Å². The molecule has 1 amide bonds. The van der Waals surface area contributed by atoms with Crippen LogP contribution in [-0.4, -0.2) is 40.9 Å². The number of hydrogen-bond donors (Lipinski definition) is 1. The lowest BCUT2D eigenvalue weighted by molar-refractivity contribution is 0.0803.